The van der Waals surface area contributed by atoms with Gasteiger partial charge in [-0.15, -0.1) is 0 Å². The lowest BCUT2D eigenvalue weighted by molar-refractivity contribution is -0.394. The quantitative estimate of drug-likeness (QED) is 0.342. The van der Waals surface area contributed by atoms with Gasteiger partial charge in [0.25, 0.3) is 11.4 Å². The summed E-state index contributed by atoms with van der Waals surface area (Å²) in [6.07, 6.45) is 5.58. The molecule has 26 heavy (non-hydrogen) atoms. The van der Waals surface area contributed by atoms with Gasteiger partial charge in [-0.3, -0.25) is 20.2 Å². The summed E-state index contributed by atoms with van der Waals surface area (Å²) in [5.41, 5.74) is -0.236. The molecule has 0 N–H and O–H groups in total. The van der Waals surface area contributed by atoms with Crippen molar-refractivity contribution in [2.75, 3.05) is 0 Å². The van der Waals surface area contributed by atoms with Crippen molar-refractivity contribution in [3.63, 3.8) is 0 Å². The zero-order valence-corrected chi connectivity index (χ0v) is 14.2. The number of hydrogen-bond donors (Lipinski definition) is 0. The molecule has 4 rings (SSSR count). The fourth-order valence-corrected chi connectivity index (χ4v) is 3.66. The number of non-ortho nitro benzene ring substituents is 2. The summed E-state index contributed by atoms with van der Waals surface area (Å²) in [6.45, 7) is 4.39. The van der Waals surface area contributed by atoms with Crippen molar-refractivity contribution in [2.45, 2.75) is 26.7 Å². The monoisotopic (exact) mass is 359 g/mol. The summed E-state index contributed by atoms with van der Waals surface area (Å²) in [4.78, 5) is 36.9. The summed E-state index contributed by atoms with van der Waals surface area (Å²) in [5.74, 6) is 0.0374. The maximum Gasteiger partial charge on any atom is 0.366 e. The van der Waals surface area contributed by atoms with Crippen molar-refractivity contribution in [2.24, 2.45) is 22.4 Å². The van der Waals surface area contributed by atoms with Gasteiger partial charge in [0, 0.05) is 12.1 Å². The molecule has 1 saturated carbocycles. The predicted molar refractivity (Wildman–Crippen MR) is 91.7 cm³/mol. The molecule has 136 valence electrons. The lowest BCUT2D eigenvalue weighted by atomic mass is 9.49. The first-order chi connectivity index (χ1) is 12.2. The molecule has 2 bridgehead atoms. The summed E-state index contributed by atoms with van der Waals surface area (Å²) < 4.78 is 0. The van der Waals surface area contributed by atoms with Gasteiger partial charge in [0.15, 0.2) is 0 Å². The third kappa shape index (κ3) is 3.07. The summed E-state index contributed by atoms with van der Waals surface area (Å²) in [5, 5.41) is 25.4. The van der Waals surface area contributed by atoms with Crippen molar-refractivity contribution >= 4 is 23.6 Å². The van der Waals surface area contributed by atoms with Crippen LogP contribution in [0.4, 0.5) is 11.4 Å². The van der Waals surface area contributed by atoms with Crippen LogP contribution in [0.15, 0.2) is 35.0 Å². The zero-order chi connectivity index (χ0) is 19.1. The van der Waals surface area contributed by atoms with Crippen molar-refractivity contribution in [1.82, 2.24) is 0 Å². The molecule has 0 saturated heterocycles. The molecule has 1 aromatic carbocycles. The Balaban J connectivity index is 1.73. The molecule has 0 spiro atoms. The minimum Gasteiger partial charge on any atom is -0.313 e. The van der Waals surface area contributed by atoms with Crippen LogP contribution < -0.4 is 0 Å². The average Bonchev–Trinajstić information content (AvgIpc) is 2.61. The standard InChI is InChI=1S/C17H17N3O6/c1-17(2)12-4-3-10(15(17)7-12)9-18-26-16(21)11-5-13(19(22)23)8-14(6-11)20(24)25/h3,5-6,8-9,12,15H,4,7H2,1-2H3/b18-9+. The molecular weight excluding hydrogens is 342 g/mol. The number of oxime groups is 1. The molecule has 3 aliphatic rings. The number of nitro benzene ring substituents is 2. The molecule has 0 radical (unpaired) electrons. The first-order valence-electron chi connectivity index (χ1n) is 8.08. The highest BCUT2D eigenvalue weighted by molar-refractivity contribution is 5.91. The van der Waals surface area contributed by atoms with Crippen LogP contribution in [-0.4, -0.2) is 22.0 Å². The van der Waals surface area contributed by atoms with E-state index in [1.54, 1.807) is 0 Å². The average molecular weight is 359 g/mol. The van der Waals surface area contributed by atoms with Crippen molar-refractivity contribution in [3.8, 4) is 0 Å². The fourth-order valence-electron chi connectivity index (χ4n) is 3.66. The fraction of sp³-hybridized carbons (Fsp3) is 0.412. The lowest BCUT2D eigenvalue weighted by Gasteiger charge is -2.55. The lowest BCUT2D eigenvalue weighted by Crippen LogP contribution is -2.48. The van der Waals surface area contributed by atoms with Crippen LogP contribution in [0.1, 0.15) is 37.0 Å². The molecule has 9 heteroatoms. The van der Waals surface area contributed by atoms with Gasteiger partial charge in [-0.25, -0.2) is 4.79 Å². The largest absolute Gasteiger partial charge is 0.366 e. The van der Waals surface area contributed by atoms with E-state index in [-0.39, 0.29) is 11.0 Å². The molecule has 0 amide bonds. The van der Waals surface area contributed by atoms with Gasteiger partial charge in [-0.1, -0.05) is 25.1 Å². The molecule has 9 nitrogen and oxygen atoms in total. The number of carbonyl (C=O) groups is 1. The van der Waals surface area contributed by atoms with E-state index in [1.165, 1.54) is 6.21 Å². The van der Waals surface area contributed by atoms with Gasteiger partial charge in [0.1, 0.15) is 0 Å². The van der Waals surface area contributed by atoms with Crippen molar-refractivity contribution in [3.05, 3.63) is 55.6 Å². The predicted octanol–water partition coefficient (Wildman–Crippen LogP) is 3.64. The van der Waals surface area contributed by atoms with E-state index in [2.05, 4.69) is 25.1 Å². The van der Waals surface area contributed by atoms with E-state index < -0.39 is 27.2 Å². The summed E-state index contributed by atoms with van der Waals surface area (Å²) in [6, 6.07) is 2.62. The summed E-state index contributed by atoms with van der Waals surface area (Å²) in [7, 11) is 0. The minimum absolute atomic E-state index is 0.195. The van der Waals surface area contributed by atoms with E-state index in [4.69, 9.17) is 4.84 Å². The molecule has 0 heterocycles. The Labute approximate surface area is 148 Å². The Morgan fingerprint density at radius 3 is 2.35 bits per heavy atom. The minimum atomic E-state index is -0.991. The first-order valence-corrected chi connectivity index (χ1v) is 8.08. The molecule has 3 aliphatic carbocycles. The highest BCUT2D eigenvalue weighted by atomic mass is 16.7. The number of benzene rings is 1. The van der Waals surface area contributed by atoms with E-state index in [1.807, 2.05) is 0 Å². The van der Waals surface area contributed by atoms with E-state index in [9.17, 15) is 25.0 Å². The number of allylic oxidation sites excluding steroid dienone is 2. The molecule has 1 fully saturated rings. The van der Waals surface area contributed by atoms with Crippen LogP contribution in [-0.2, 0) is 4.84 Å². The molecule has 2 unspecified atom stereocenters. The number of rotatable bonds is 5. The second-order valence-corrected chi connectivity index (χ2v) is 7.11. The molecule has 2 atom stereocenters. The molecule has 1 aromatic rings. The number of fused-ring (bicyclic) bond motifs is 1. The Kier molecular flexibility index (Phi) is 4.31. The maximum atomic E-state index is 12.1. The third-order valence-corrected chi connectivity index (χ3v) is 5.41. The maximum absolute atomic E-state index is 12.1. The van der Waals surface area contributed by atoms with Crippen LogP contribution in [0.5, 0.6) is 0 Å². The Hall–Kier alpha value is -3.10. The second kappa shape index (κ2) is 6.32. The van der Waals surface area contributed by atoms with Gasteiger partial charge >= 0.3 is 5.97 Å². The van der Waals surface area contributed by atoms with Crippen LogP contribution in [0.3, 0.4) is 0 Å². The van der Waals surface area contributed by atoms with Crippen LogP contribution in [0, 0.1) is 37.5 Å². The second-order valence-electron chi connectivity index (χ2n) is 7.11. The summed E-state index contributed by atoms with van der Waals surface area (Å²) >= 11 is 0. The van der Waals surface area contributed by atoms with Crippen molar-refractivity contribution in [1.29, 1.82) is 0 Å². The van der Waals surface area contributed by atoms with Crippen LogP contribution in [0.25, 0.3) is 0 Å². The van der Waals surface area contributed by atoms with Gasteiger partial charge in [-0.2, -0.15) is 0 Å². The van der Waals surface area contributed by atoms with Gasteiger partial charge in [0.2, 0.25) is 0 Å². The van der Waals surface area contributed by atoms with Gasteiger partial charge in [0.05, 0.1) is 27.7 Å². The number of nitrogens with zero attached hydrogens (tertiary/aromatic N) is 3. The number of carbonyl (C=O) groups excluding carboxylic acids is 1. The van der Waals surface area contributed by atoms with Crippen LogP contribution >= 0.6 is 0 Å². The highest BCUT2D eigenvalue weighted by Crippen LogP contribution is 2.58. The van der Waals surface area contributed by atoms with Gasteiger partial charge < -0.3 is 4.84 Å². The molecule has 0 aliphatic heterocycles. The number of hydrogen-bond acceptors (Lipinski definition) is 7. The molecular formula is C17H17N3O6. The van der Waals surface area contributed by atoms with E-state index in [0.29, 0.717) is 11.8 Å². The van der Waals surface area contributed by atoms with Crippen LogP contribution in [0.2, 0.25) is 0 Å². The van der Waals surface area contributed by atoms with E-state index >= 15 is 0 Å². The number of nitro groups is 2. The normalized spacial score (nSPS) is 23.1. The van der Waals surface area contributed by atoms with Crippen molar-refractivity contribution < 1.29 is 19.5 Å². The highest BCUT2D eigenvalue weighted by Gasteiger charge is 2.50. The van der Waals surface area contributed by atoms with Gasteiger partial charge in [-0.05, 0) is 35.7 Å². The SMILES string of the molecule is CC1(C)C2CC=C(/C=N/OC(=O)c3cc([N+](=O)[O-])cc([N+](=O)[O-])c3)C1C2. The zero-order valence-electron chi connectivity index (χ0n) is 14.2. The Bertz CT molecular complexity index is 826. The smallest absolute Gasteiger partial charge is 0.313 e. The first kappa shape index (κ1) is 17.7. The topological polar surface area (TPSA) is 125 Å². The van der Waals surface area contributed by atoms with E-state index in [0.717, 1.165) is 36.6 Å². The molecule has 0 aromatic heterocycles. The third-order valence-electron chi connectivity index (χ3n) is 5.41. The Morgan fingerprint density at radius 1 is 1.23 bits per heavy atom. The Morgan fingerprint density at radius 2 is 1.85 bits per heavy atom.